The lowest BCUT2D eigenvalue weighted by atomic mass is 9.85. The summed E-state index contributed by atoms with van der Waals surface area (Å²) in [6.45, 7) is 10.5. The van der Waals surface area contributed by atoms with Gasteiger partial charge in [-0.1, -0.05) is 18.9 Å². The van der Waals surface area contributed by atoms with Crippen molar-refractivity contribution in [2.75, 3.05) is 46.8 Å². The van der Waals surface area contributed by atoms with Gasteiger partial charge in [0, 0.05) is 46.3 Å². The van der Waals surface area contributed by atoms with Crippen LogP contribution >= 0.6 is 0 Å². The van der Waals surface area contributed by atoms with E-state index in [1.807, 2.05) is 20.2 Å². The van der Waals surface area contributed by atoms with Gasteiger partial charge in [0.05, 0.1) is 12.0 Å². The second-order valence-corrected chi connectivity index (χ2v) is 7.89. The Labute approximate surface area is 159 Å². The second kappa shape index (κ2) is 9.95. The first-order valence-corrected chi connectivity index (χ1v) is 10.1. The highest BCUT2D eigenvalue weighted by Crippen LogP contribution is 2.39. The van der Waals surface area contributed by atoms with Gasteiger partial charge in [-0.2, -0.15) is 0 Å². The van der Waals surface area contributed by atoms with Crippen LogP contribution in [0.15, 0.2) is 17.6 Å². The summed E-state index contributed by atoms with van der Waals surface area (Å²) in [6.07, 6.45) is 8.35. The number of nitrogens with one attached hydrogen (secondary N) is 2. The average Bonchev–Trinajstić information content (AvgIpc) is 3.11. The number of aliphatic imine (C=N–C) groups is 1. The standard InChI is InChI=1S/C20H37N5O/c1-5-13-25-14-9-17(10-15-25)23-19(21-6-2)22-16-20(11-7-8-12-20)18(26)24(3)4/h5,17H,1,6-16H2,2-4H3,(H2,21,22,23). The SMILES string of the molecule is C=CCN1CCC(NC(=NCC2(C(=O)N(C)C)CCCC2)NCC)CC1. The van der Waals surface area contributed by atoms with Crippen molar-refractivity contribution in [1.29, 1.82) is 0 Å². The Morgan fingerprint density at radius 2 is 1.96 bits per heavy atom. The summed E-state index contributed by atoms with van der Waals surface area (Å²) in [5.41, 5.74) is -0.306. The van der Waals surface area contributed by atoms with Gasteiger partial charge in [0.25, 0.3) is 0 Å². The highest BCUT2D eigenvalue weighted by atomic mass is 16.2. The van der Waals surface area contributed by atoms with Gasteiger partial charge in [-0.15, -0.1) is 6.58 Å². The molecule has 1 heterocycles. The van der Waals surface area contributed by atoms with Gasteiger partial charge in [0.15, 0.2) is 5.96 Å². The van der Waals surface area contributed by atoms with E-state index in [4.69, 9.17) is 4.99 Å². The monoisotopic (exact) mass is 363 g/mol. The van der Waals surface area contributed by atoms with Gasteiger partial charge >= 0.3 is 0 Å². The van der Waals surface area contributed by atoms with E-state index in [-0.39, 0.29) is 11.3 Å². The predicted molar refractivity (Wildman–Crippen MR) is 108 cm³/mol. The Morgan fingerprint density at radius 1 is 1.31 bits per heavy atom. The Kier molecular flexibility index (Phi) is 7.94. The quantitative estimate of drug-likeness (QED) is 0.412. The molecule has 2 fully saturated rings. The lowest BCUT2D eigenvalue weighted by Gasteiger charge is -2.33. The van der Waals surface area contributed by atoms with Crippen molar-refractivity contribution in [2.24, 2.45) is 10.4 Å². The van der Waals surface area contributed by atoms with E-state index in [0.29, 0.717) is 12.6 Å². The number of guanidine groups is 1. The molecule has 6 heteroatoms. The number of rotatable bonds is 7. The number of hydrogen-bond donors (Lipinski definition) is 2. The summed E-state index contributed by atoms with van der Waals surface area (Å²) < 4.78 is 0. The molecule has 0 aromatic rings. The van der Waals surface area contributed by atoms with E-state index in [0.717, 1.165) is 70.7 Å². The van der Waals surface area contributed by atoms with Gasteiger partial charge in [0.2, 0.25) is 5.91 Å². The third-order valence-corrected chi connectivity index (χ3v) is 5.62. The summed E-state index contributed by atoms with van der Waals surface area (Å²) in [7, 11) is 3.71. The van der Waals surface area contributed by atoms with Crippen LogP contribution in [0.4, 0.5) is 0 Å². The first-order chi connectivity index (χ1) is 12.5. The molecule has 0 radical (unpaired) electrons. The number of likely N-dealkylation sites (tertiary alicyclic amines) is 1. The van der Waals surface area contributed by atoms with E-state index >= 15 is 0 Å². The van der Waals surface area contributed by atoms with Gasteiger partial charge < -0.3 is 15.5 Å². The summed E-state index contributed by atoms with van der Waals surface area (Å²) in [5, 5.41) is 6.95. The largest absolute Gasteiger partial charge is 0.357 e. The van der Waals surface area contributed by atoms with Gasteiger partial charge in [-0.3, -0.25) is 14.7 Å². The minimum absolute atomic E-state index is 0.229. The number of amides is 1. The fourth-order valence-corrected chi connectivity index (χ4v) is 4.15. The maximum Gasteiger partial charge on any atom is 0.230 e. The Morgan fingerprint density at radius 3 is 2.50 bits per heavy atom. The van der Waals surface area contributed by atoms with Crippen molar-refractivity contribution in [1.82, 2.24) is 20.4 Å². The molecule has 0 aromatic heterocycles. The van der Waals surface area contributed by atoms with Crippen molar-refractivity contribution in [3.63, 3.8) is 0 Å². The van der Waals surface area contributed by atoms with E-state index < -0.39 is 0 Å². The minimum Gasteiger partial charge on any atom is -0.357 e. The topological polar surface area (TPSA) is 60.0 Å². The molecule has 2 rings (SSSR count). The third kappa shape index (κ3) is 5.47. The fraction of sp³-hybridized carbons (Fsp3) is 0.800. The maximum absolute atomic E-state index is 12.7. The Balaban J connectivity index is 1.97. The fourth-order valence-electron chi connectivity index (χ4n) is 4.15. The zero-order chi connectivity index (χ0) is 19.0. The number of carbonyl (C=O) groups excluding carboxylic acids is 1. The molecule has 1 amide bonds. The number of hydrogen-bond acceptors (Lipinski definition) is 3. The van der Waals surface area contributed by atoms with Crippen LogP contribution in [0.2, 0.25) is 0 Å². The predicted octanol–water partition coefficient (Wildman–Crippen LogP) is 1.84. The average molecular weight is 364 g/mol. The molecule has 0 unspecified atom stereocenters. The van der Waals surface area contributed by atoms with Crippen LogP contribution < -0.4 is 10.6 Å². The normalized spacial score (nSPS) is 21.4. The highest BCUT2D eigenvalue weighted by molar-refractivity contribution is 5.84. The summed E-state index contributed by atoms with van der Waals surface area (Å²) in [6, 6.07) is 0.443. The maximum atomic E-state index is 12.7. The number of carbonyl (C=O) groups is 1. The molecule has 0 bridgehead atoms. The molecule has 148 valence electrons. The first kappa shape index (κ1) is 20.7. The van der Waals surface area contributed by atoms with Crippen LogP contribution in [0.5, 0.6) is 0 Å². The molecule has 2 aliphatic rings. The van der Waals surface area contributed by atoms with E-state index in [1.165, 1.54) is 0 Å². The van der Waals surface area contributed by atoms with Crippen LogP contribution in [-0.4, -0.2) is 74.5 Å². The van der Waals surface area contributed by atoms with Crippen molar-refractivity contribution >= 4 is 11.9 Å². The lowest BCUT2D eigenvalue weighted by Crippen LogP contribution is -2.49. The second-order valence-electron chi connectivity index (χ2n) is 7.89. The zero-order valence-corrected chi connectivity index (χ0v) is 16.9. The molecule has 1 aliphatic carbocycles. The van der Waals surface area contributed by atoms with Crippen LogP contribution in [-0.2, 0) is 4.79 Å². The van der Waals surface area contributed by atoms with Crippen LogP contribution in [0, 0.1) is 5.41 Å². The molecule has 2 N–H and O–H groups in total. The highest BCUT2D eigenvalue weighted by Gasteiger charge is 2.42. The Bertz CT molecular complexity index is 488. The smallest absolute Gasteiger partial charge is 0.230 e. The molecule has 1 saturated heterocycles. The van der Waals surface area contributed by atoms with Gasteiger partial charge in [0.1, 0.15) is 0 Å². The first-order valence-electron chi connectivity index (χ1n) is 10.1. The minimum atomic E-state index is -0.306. The number of piperidine rings is 1. The van der Waals surface area contributed by atoms with E-state index in [9.17, 15) is 4.79 Å². The molecule has 1 aliphatic heterocycles. The third-order valence-electron chi connectivity index (χ3n) is 5.62. The summed E-state index contributed by atoms with van der Waals surface area (Å²) in [5.74, 6) is 1.08. The lowest BCUT2D eigenvalue weighted by molar-refractivity contribution is -0.138. The molecule has 26 heavy (non-hydrogen) atoms. The molecule has 1 saturated carbocycles. The molecular formula is C20H37N5O. The molecular weight excluding hydrogens is 326 g/mol. The van der Waals surface area contributed by atoms with E-state index in [2.05, 4.69) is 29.0 Å². The molecule has 0 spiro atoms. The van der Waals surface area contributed by atoms with Crippen LogP contribution in [0.3, 0.4) is 0 Å². The molecule has 0 aromatic carbocycles. The van der Waals surface area contributed by atoms with Crippen LogP contribution in [0.1, 0.15) is 45.4 Å². The van der Waals surface area contributed by atoms with Crippen LogP contribution in [0.25, 0.3) is 0 Å². The molecule has 6 nitrogen and oxygen atoms in total. The van der Waals surface area contributed by atoms with Gasteiger partial charge in [-0.25, -0.2) is 0 Å². The van der Waals surface area contributed by atoms with Crippen molar-refractivity contribution < 1.29 is 4.79 Å². The van der Waals surface area contributed by atoms with Crippen molar-refractivity contribution in [2.45, 2.75) is 51.5 Å². The number of nitrogens with zero attached hydrogens (tertiary/aromatic N) is 3. The zero-order valence-electron chi connectivity index (χ0n) is 16.9. The van der Waals surface area contributed by atoms with Crippen molar-refractivity contribution in [3.05, 3.63) is 12.7 Å². The Hall–Kier alpha value is -1.56. The molecule has 0 atom stereocenters. The van der Waals surface area contributed by atoms with Crippen molar-refractivity contribution in [3.8, 4) is 0 Å². The summed E-state index contributed by atoms with van der Waals surface area (Å²) >= 11 is 0. The van der Waals surface area contributed by atoms with E-state index in [1.54, 1.807) is 4.90 Å². The van der Waals surface area contributed by atoms with Gasteiger partial charge in [-0.05, 0) is 32.6 Å². The summed E-state index contributed by atoms with van der Waals surface area (Å²) in [4.78, 5) is 21.7.